The number of hydrogen-bond acceptors (Lipinski definition) is 4. The van der Waals surface area contributed by atoms with Gasteiger partial charge in [-0.3, -0.25) is 4.79 Å². The van der Waals surface area contributed by atoms with E-state index in [1.54, 1.807) is 6.20 Å². The van der Waals surface area contributed by atoms with E-state index >= 15 is 0 Å². The summed E-state index contributed by atoms with van der Waals surface area (Å²) in [5, 5.41) is 0.931. The Morgan fingerprint density at radius 1 is 1.41 bits per heavy atom. The molecule has 2 heterocycles. The topological polar surface area (TPSA) is 42.4 Å². The minimum Gasteiger partial charge on any atom is -0.494 e. The summed E-state index contributed by atoms with van der Waals surface area (Å²) in [6, 6.07) is 8.26. The Kier molecular flexibility index (Phi) is 4.43. The van der Waals surface area contributed by atoms with Crippen LogP contribution < -0.4 is 4.74 Å². The van der Waals surface area contributed by atoms with Gasteiger partial charge in [0.05, 0.1) is 23.9 Å². The van der Waals surface area contributed by atoms with Gasteiger partial charge in [-0.25, -0.2) is 4.98 Å². The van der Waals surface area contributed by atoms with Crippen LogP contribution in [0.5, 0.6) is 5.75 Å². The first-order valence-corrected chi connectivity index (χ1v) is 8.47. The number of carbonyl (C=O) groups excluding carboxylic acids is 1. The number of aryl methyl sites for hydroxylation is 1. The number of thiazole rings is 1. The van der Waals surface area contributed by atoms with Crippen LogP contribution in [0, 0.1) is 6.92 Å². The number of rotatable bonds is 4. The monoisotopic (exact) mass is 316 g/mol. The van der Waals surface area contributed by atoms with E-state index in [1.807, 2.05) is 30.9 Å². The van der Waals surface area contributed by atoms with Crippen LogP contribution in [0.25, 0.3) is 0 Å². The third-order valence-electron chi connectivity index (χ3n) is 3.92. The summed E-state index contributed by atoms with van der Waals surface area (Å²) in [6.07, 6.45) is 3.74. The van der Waals surface area contributed by atoms with Gasteiger partial charge in [-0.1, -0.05) is 12.1 Å². The van der Waals surface area contributed by atoms with Gasteiger partial charge in [0.25, 0.3) is 5.91 Å². The smallest absolute Gasteiger partial charge is 0.266 e. The minimum absolute atomic E-state index is 0.0991. The van der Waals surface area contributed by atoms with E-state index < -0.39 is 0 Å². The predicted octanol–water partition coefficient (Wildman–Crippen LogP) is 3.83. The fraction of sp³-hybridized carbons (Fsp3) is 0.412. The molecule has 0 radical (unpaired) electrons. The fourth-order valence-electron chi connectivity index (χ4n) is 2.91. The molecule has 0 bridgehead atoms. The van der Waals surface area contributed by atoms with E-state index in [4.69, 9.17) is 4.74 Å². The minimum atomic E-state index is 0.0991. The van der Waals surface area contributed by atoms with Crippen molar-refractivity contribution in [2.75, 3.05) is 13.2 Å². The highest BCUT2D eigenvalue weighted by Gasteiger charge is 2.31. The van der Waals surface area contributed by atoms with Crippen molar-refractivity contribution in [3.8, 4) is 5.75 Å². The maximum atomic E-state index is 12.7. The quantitative estimate of drug-likeness (QED) is 0.861. The number of aromatic nitrogens is 1. The normalized spacial score (nSPS) is 17.7. The molecule has 1 aromatic carbocycles. The lowest BCUT2D eigenvalue weighted by atomic mass is 10.0. The lowest BCUT2D eigenvalue weighted by Gasteiger charge is -2.24. The summed E-state index contributed by atoms with van der Waals surface area (Å²) in [5.74, 6) is 0.974. The van der Waals surface area contributed by atoms with Gasteiger partial charge in [-0.2, -0.15) is 0 Å². The van der Waals surface area contributed by atoms with E-state index in [1.165, 1.54) is 16.9 Å². The fourth-order valence-corrected chi connectivity index (χ4v) is 3.64. The second-order valence-corrected chi connectivity index (χ2v) is 6.64. The van der Waals surface area contributed by atoms with E-state index in [9.17, 15) is 4.79 Å². The zero-order chi connectivity index (χ0) is 15.5. The van der Waals surface area contributed by atoms with Gasteiger partial charge in [0.2, 0.25) is 0 Å². The van der Waals surface area contributed by atoms with Crippen LogP contribution in [0.2, 0.25) is 0 Å². The number of likely N-dealkylation sites (tertiary alicyclic amines) is 1. The molecule has 1 amide bonds. The molecule has 116 valence electrons. The van der Waals surface area contributed by atoms with Crippen LogP contribution in [0.3, 0.4) is 0 Å². The lowest BCUT2D eigenvalue weighted by molar-refractivity contribution is 0.0740. The van der Waals surface area contributed by atoms with Crippen LogP contribution >= 0.6 is 11.3 Å². The molecule has 3 rings (SSSR count). The number of ether oxygens (including phenoxy) is 1. The molecule has 1 fully saturated rings. The average Bonchev–Trinajstić information content (AvgIpc) is 3.16. The Morgan fingerprint density at radius 3 is 2.82 bits per heavy atom. The van der Waals surface area contributed by atoms with E-state index in [0.717, 1.165) is 35.0 Å². The van der Waals surface area contributed by atoms with Crippen molar-refractivity contribution in [2.45, 2.75) is 32.7 Å². The number of nitrogens with zero attached hydrogens (tertiary/aromatic N) is 2. The Bertz CT molecular complexity index is 651. The van der Waals surface area contributed by atoms with Gasteiger partial charge in [-0.05, 0) is 44.4 Å². The van der Waals surface area contributed by atoms with Crippen molar-refractivity contribution in [2.24, 2.45) is 0 Å². The van der Waals surface area contributed by atoms with E-state index in [0.29, 0.717) is 6.61 Å². The summed E-state index contributed by atoms with van der Waals surface area (Å²) in [4.78, 5) is 19.6. The molecule has 1 aliphatic heterocycles. The standard InChI is InChI=1S/C17H20N2O2S/c1-3-21-14-8-6-13(7-9-14)15-5-4-10-19(15)17(20)16-11-18-12(2)22-16/h6-9,11,15H,3-5,10H2,1-2H3/t15-/m1/s1. The summed E-state index contributed by atoms with van der Waals surface area (Å²) in [7, 11) is 0. The molecule has 5 heteroatoms. The highest BCUT2D eigenvalue weighted by molar-refractivity contribution is 7.13. The second-order valence-electron chi connectivity index (χ2n) is 5.40. The molecule has 0 saturated carbocycles. The maximum Gasteiger partial charge on any atom is 0.266 e. The highest BCUT2D eigenvalue weighted by atomic mass is 32.1. The van der Waals surface area contributed by atoms with Crippen molar-refractivity contribution in [1.29, 1.82) is 0 Å². The Hall–Kier alpha value is -1.88. The summed E-state index contributed by atoms with van der Waals surface area (Å²) in [5.41, 5.74) is 1.18. The largest absolute Gasteiger partial charge is 0.494 e. The summed E-state index contributed by atoms with van der Waals surface area (Å²) in [6.45, 7) is 5.38. The molecular weight excluding hydrogens is 296 g/mol. The van der Waals surface area contributed by atoms with Crippen LogP contribution in [-0.2, 0) is 0 Å². The third-order valence-corrected chi connectivity index (χ3v) is 4.82. The van der Waals surface area contributed by atoms with E-state index in [2.05, 4.69) is 17.1 Å². The number of hydrogen-bond donors (Lipinski definition) is 0. The first-order chi connectivity index (χ1) is 10.7. The van der Waals surface area contributed by atoms with Gasteiger partial charge < -0.3 is 9.64 Å². The molecule has 0 unspecified atom stereocenters. The van der Waals surface area contributed by atoms with Crippen LogP contribution in [-0.4, -0.2) is 28.9 Å². The molecule has 22 heavy (non-hydrogen) atoms. The zero-order valence-corrected chi connectivity index (χ0v) is 13.7. The number of carbonyl (C=O) groups is 1. The van der Waals surface area contributed by atoms with Crippen LogP contribution in [0.4, 0.5) is 0 Å². The maximum absolute atomic E-state index is 12.7. The molecule has 0 spiro atoms. The summed E-state index contributed by atoms with van der Waals surface area (Å²) >= 11 is 1.47. The Morgan fingerprint density at radius 2 is 2.18 bits per heavy atom. The van der Waals surface area contributed by atoms with Crippen molar-refractivity contribution in [3.05, 3.63) is 45.9 Å². The Labute approximate surface area is 134 Å². The molecule has 1 atom stereocenters. The van der Waals surface area contributed by atoms with Gasteiger partial charge in [-0.15, -0.1) is 11.3 Å². The predicted molar refractivity (Wildman–Crippen MR) is 87.5 cm³/mol. The SMILES string of the molecule is CCOc1ccc([C@H]2CCCN2C(=O)c2cnc(C)s2)cc1. The van der Waals surface area contributed by atoms with Gasteiger partial charge in [0.1, 0.15) is 10.6 Å². The Balaban J connectivity index is 1.79. The molecule has 0 N–H and O–H groups in total. The molecule has 1 saturated heterocycles. The summed E-state index contributed by atoms with van der Waals surface area (Å²) < 4.78 is 5.48. The zero-order valence-electron chi connectivity index (χ0n) is 12.9. The molecule has 2 aromatic rings. The van der Waals surface area contributed by atoms with Gasteiger partial charge in [0, 0.05) is 6.54 Å². The van der Waals surface area contributed by atoms with Crippen molar-refractivity contribution in [3.63, 3.8) is 0 Å². The van der Waals surface area contributed by atoms with Crippen molar-refractivity contribution >= 4 is 17.2 Å². The van der Waals surface area contributed by atoms with E-state index in [-0.39, 0.29) is 11.9 Å². The third kappa shape index (κ3) is 2.99. The van der Waals surface area contributed by atoms with Gasteiger partial charge >= 0.3 is 0 Å². The lowest BCUT2D eigenvalue weighted by Crippen LogP contribution is -2.29. The second kappa shape index (κ2) is 6.48. The number of benzene rings is 1. The van der Waals surface area contributed by atoms with Gasteiger partial charge in [0.15, 0.2) is 0 Å². The molecule has 0 aliphatic carbocycles. The molecule has 4 nitrogen and oxygen atoms in total. The van der Waals surface area contributed by atoms with Crippen molar-refractivity contribution in [1.82, 2.24) is 9.88 Å². The highest BCUT2D eigenvalue weighted by Crippen LogP contribution is 2.34. The van der Waals surface area contributed by atoms with Crippen LogP contribution in [0.15, 0.2) is 30.5 Å². The molecule has 1 aromatic heterocycles. The number of amides is 1. The van der Waals surface area contributed by atoms with Crippen molar-refractivity contribution < 1.29 is 9.53 Å². The first-order valence-electron chi connectivity index (χ1n) is 7.65. The molecule has 1 aliphatic rings. The first kappa shape index (κ1) is 15.0. The van der Waals surface area contributed by atoms with Crippen LogP contribution in [0.1, 0.15) is 46.0 Å². The molecular formula is C17H20N2O2S. The average molecular weight is 316 g/mol.